The average Bonchev–Trinajstić information content (AvgIpc) is 3.60. The number of rotatable bonds is 9. The molecule has 0 aliphatic heterocycles. The van der Waals surface area contributed by atoms with Crippen LogP contribution in [-0.2, 0) is 16.6 Å². The quantitative estimate of drug-likeness (QED) is 0.405. The van der Waals surface area contributed by atoms with Crippen LogP contribution in [0.15, 0.2) is 52.4 Å². The third-order valence-corrected chi connectivity index (χ3v) is 6.55. The number of aliphatic imine (C=N–C) groups is 1. The third-order valence-electron chi connectivity index (χ3n) is 5.14. The molecule has 1 saturated carbocycles. The largest absolute Gasteiger partial charge is 0.490 e. The number of benzene rings is 2. The Morgan fingerprint density at radius 1 is 1.26 bits per heavy atom. The molecule has 1 aliphatic carbocycles. The molecule has 0 radical (unpaired) electrons. The second-order valence-corrected chi connectivity index (χ2v) is 9.48. The number of guanidine groups is 1. The van der Waals surface area contributed by atoms with Gasteiger partial charge in [0.05, 0.1) is 17.5 Å². The van der Waals surface area contributed by atoms with Crippen LogP contribution >= 0.6 is 0 Å². The third kappa shape index (κ3) is 6.41. The molecule has 0 amide bonds. The predicted octanol–water partition coefficient (Wildman–Crippen LogP) is 2.95. The van der Waals surface area contributed by atoms with Crippen LogP contribution in [-0.4, -0.2) is 35.1 Å². The van der Waals surface area contributed by atoms with Crippen molar-refractivity contribution in [1.29, 1.82) is 0 Å². The van der Waals surface area contributed by atoms with E-state index in [1.54, 1.807) is 25.2 Å². The summed E-state index contributed by atoms with van der Waals surface area (Å²) in [5.41, 5.74) is 1.55. The van der Waals surface area contributed by atoms with Crippen molar-refractivity contribution >= 4 is 16.0 Å². The first-order valence-electron chi connectivity index (χ1n) is 10.2. The Hall–Kier alpha value is -2.65. The van der Waals surface area contributed by atoms with Gasteiger partial charge in [0.15, 0.2) is 17.5 Å². The summed E-state index contributed by atoms with van der Waals surface area (Å²) >= 11 is 0. The van der Waals surface area contributed by atoms with Gasteiger partial charge in [0.25, 0.3) is 0 Å². The zero-order valence-corrected chi connectivity index (χ0v) is 18.8. The summed E-state index contributed by atoms with van der Waals surface area (Å²) in [5, 5.41) is 6.37. The molecule has 0 heterocycles. The molecule has 1 fully saturated rings. The van der Waals surface area contributed by atoms with E-state index >= 15 is 0 Å². The van der Waals surface area contributed by atoms with Gasteiger partial charge < -0.3 is 15.4 Å². The molecule has 1 aliphatic rings. The Kier molecular flexibility index (Phi) is 7.50. The lowest BCUT2D eigenvalue weighted by Gasteiger charge is -2.19. The van der Waals surface area contributed by atoms with E-state index in [9.17, 15) is 12.8 Å². The van der Waals surface area contributed by atoms with Crippen LogP contribution in [0.3, 0.4) is 0 Å². The highest BCUT2D eigenvalue weighted by molar-refractivity contribution is 7.89. The molecule has 2 aromatic rings. The molecule has 1 atom stereocenters. The Morgan fingerprint density at radius 3 is 2.68 bits per heavy atom. The van der Waals surface area contributed by atoms with Crippen molar-refractivity contribution in [2.45, 2.75) is 37.2 Å². The van der Waals surface area contributed by atoms with E-state index < -0.39 is 10.0 Å². The van der Waals surface area contributed by atoms with E-state index in [2.05, 4.69) is 20.3 Å². The van der Waals surface area contributed by atoms with Crippen molar-refractivity contribution in [1.82, 2.24) is 15.4 Å². The van der Waals surface area contributed by atoms with Gasteiger partial charge in [-0.1, -0.05) is 18.2 Å². The van der Waals surface area contributed by atoms with Crippen molar-refractivity contribution in [3.63, 3.8) is 0 Å². The monoisotopic (exact) mass is 448 g/mol. The van der Waals surface area contributed by atoms with Crippen molar-refractivity contribution in [2.75, 3.05) is 20.7 Å². The van der Waals surface area contributed by atoms with Gasteiger partial charge in [0.2, 0.25) is 10.0 Å². The van der Waals surface area contributed by atoms with Crippen LogP contribution in [0.1, 0.15) is 36.9 Å². The van der Waals surface area contributed by atoms with Gasteiger partial charge in [-0.05, 0) is 68.1 Å². The highest BCUT2D eigenvalue weighted by atomic mass is 32.2. The summed E-state index contributed by atoms with van der Waals surface area (Å²) in [6, 6.07) is 11.4. The number of nitrogens with one attached hydrogen (secondary N) is 3. The van der Waals surface area contributed by atoms with E-state index in [-0.39, 0.29) is 22.5 Å². The molecule has 0 aromatic heterocycles. The smallest absolute Gasteiger partial charge is 0.240 e. The van der Waals surface area contributed by atoms with Crippen molar-refractivity contribution in [3.8, 4) is 5.75 Å². The summed E-state index contributed by atoms with van der Waals surface area (Å²) < 4.78 is 46.2. The minimum atomic E-state index is -3.50. The average molecular weight is 449 g/mol. The van der Waals surface area contributed by atoms with Gasteiger partial charge in [-0.3, -0.25) is 4.99 Å². The molecule has 2 aromatic carbocycles. The van der Waals surface area contributed by atoms with Crippen molar-refractivity contribution < 1.29 is 17.5 Å². The summed E-state index contributed by atoms with van der Waals surface area (Å²) in [7, 11) is -0.487. The molecule has 0 spiro atoms. The van der Waals surface area contributed by atoms with Crippen LogP contribution in [0.25, 0.3) is 0 Å². The highest BCUT2D eigenvalue weighted by Crippen LogP contribution is 2.30. The summed E-state index contributed by atoms with van der Waals surface area (Å²) in [6.07, 6.45) is 2.31. The van der Waals surface area contributed by atoms with Gasteiger partial charge in [-0.15, -0.1) is 0 Å². The van der Waals surface area contributed by atoms with Crippen LogP contribution in [0, 0.1) is 11.7 Å². The van der Waals surface area contributed by atoms with E-state index in [4.69, 9.17) is 4.74 Å². The lowest BCUT2D eigenvalue weighted by Crippen LogP contribution is -2.38. The normalized spacial score (nSPS) is 15.4. The first-order chi connectivity index (χ1) is 14.8. The van der Waals surface area contributed by atoms with E-state index in [1.807, 2.05) is 19.1 Å². The zero-order chi connectivity index (χ0) is 22.4. The van der Waals surface area contributed by atoms with E-state index in [1.165, 1.54) is 19.2 Å². The zero-order valence-electron chi connectivity index (χ0n) is 18.0. The Bertz CT molecular complexity index is 1040. The maximum Gasteiger partial charge on any atom is 0.240 e. The maximum absolute atomic E-state index is 14.4. The number of hydrogen-bond donors (Lipinski definition) is 3. The molecular formula is C22H29FN4O3S. The Balaban J connectivity index is 1.58. The lowest BCUT2D eigenvalue weighted by atomic mass is 10.1. The molecule has 3 rings (SSSR count). The number of nitrogens with zero attached hydrogens (tertiary/aromatic N) is 1. The minimum absolute atomic E-state index is 0.199. The fourth-order valence-electron chi connectivity index (χ4n) is 3.00. The van der Waals surface area contributed by atoms with Gasteiger partial charge >= 0.3 is 0 Å². The molecule has 7 nitrogen and oxygen atoms in total. The Morgan fingerprint density at radius 2 is 2.03 bits per heavy atom. The molecule has 0 saturated heterocycles. The summed E-state index contributed by atoms with van der Waals surface area (Å²) in [4.78, 5) is 4.40. The molecular weight excluding hydrogens is 419 g/mol. The van der Waals surface area contributed by atoms with E-state index in [0.717, 1.165) is 24.0 Å². The van der Waals surface area contributed by atoms with Gasteiger partial charge in [0.1, 0.15) is 0 Å². The molecule has 31 heavy (non-hydrogen) atoms. The standard InChI is InChI=1S/C22H29FN4O3S/c1-15(18-9-10-21(20(23)12-18)30-14-16-7-8-16)27-22(24-2)26-13-17-5-4-6-19(11-17)31(28,29)25-3/h4-6,9-12,15-16,25H,7-8,13-14H2,1-3H3,(H2,24,26,27). The van der Waals surface area contributed by atoms with Crippen molar-refractivity contribution in [3.05, 3.63) is 59.4 Å². The second-order valence-electron chi connectivity index (χ2n) is 7.59. The number of ether oxygens (including phenoxy) is 1. The Labute approximate surface area is 183 Å². The number of sulfonamides is 1. The van der Waals surface area contributed by atoms with Crippen LogP contribution in [0.2, 0.25) is 0 Å². The first kappa shape index (κ1) is 23.0. The fraction of sp³-hybridized carbons (Fsp3) is 0.409. The fourth-order valence-corrected chi connectivity index (χ4v) is 3.80. The molecule has 3 N–H and O–H groups in total. The molecule has 9 heteroatoms. The van der Waals surface area contributed by atoms with Crippen molar-refractivity contribution in [2.24, 2.45) is 10.9 Å². The highest BCUT2D eigenvalue weighted by Gasteiger charge is 2.22. The van der Waals surface area contributed by atoms with E-state index in [0.29, 0.717) is 25.0 Å². The molecule has 1 unspecified atom stereocenters. The van der Waals surface area contributed by atoms with Crippen LogP contribution < -0.4 is 20.1 Å². The summed E-state index contributed by atoms with van der Waals surface area (Å²) in [5.74, 6) is 0.982. The van der Waals surface area contributed by atoms with Gasteiger partial charge in [0, 0.05) is 13.6 Å². The minimum Gasteiger partial charge on any atom is -0.490 e. The second kappa shape index (κ2) is 10.1. The first-order valence-corrected chi connectivity index (χ1v) is 11.7. The lowest BCUT2D eigenvalue weighted by molar-refractivity contribution is 0.285. The number of halogens is 1. The summed E-state index contributed by atoms with van der Waals surface area (Å²) in [6.45, 7) is 2.85. The molecule has 168 valence electrons. The van der Waals surface area contributed by atoms with Crippen LogP contribution in [0.5, 0.6) is 5.75 Å². The predicted molar refractivity (Wildman–Crippen MR) is 119 cm³/mol. The van der Waals surface area contributed by atoms with Gasteiger partial charge in [-0.25, -0.2) is 17.5 Å². The number of hydrogen-bond acceptors (Lipinski definition) is 4. The maximum atomic E-state index is 14.4. The topological polar surface area (TPSA) is 91.8 Å². The van der Waals surface area contributed by atoms with Crippen LogP contribution in [0.4, 0.5) is 4.39 Å². The SMILES string of the molecule is CN=C(NCc1cccc(S(=O)(=O)NC)c1)NC(C)c1ccc(OCC2CC2)c(F)c1. The van der Waals surface area contributed by atoms with Gasteiger partial charge in [-0.2, -0.15) is 0 Å². The molecule has 0 bridgehead atoms.